The van der Waals surface area contributed by atoms with Crippen molar-refractivity contribution in [3.05, 3.63) is 42.0 Å². The van der Waals surface area contributed by atoms with Crippen molar-refractivity contribution in [2.45, 2.75) is 19.2 Å². The molecule has 0 radical (unpaired) electrons. The Labute approximate surface area is 178 Å². The number of imidazole rings is 1. The highest BCUT2D eigenvalue weighted by atomic mass is 32.1. The number of carbonyl (C=O) groups excluding carboxylic acids is 1. The average Bonchev–Trinajstić information content (AvgIpc) is 3.24. The number of nitrogens with one attached hydrogen (secondary N) is 1. The first-order valence-electron chi connectivity index (χ1n) is 9.36. The highest BCUT2D eigenvalue weighted by molar-refractivity contribution is 7.22. The van der Waals surface area contributed by atoms with Crippen molar-refractivity contribution in [2.24, 2.45) is 12.8 Å². The van der Waals surface area contributed by atoms with Gasteiger partial charge in [-0.1, -0.05) is 11.3 Å². The van der Waals surface area contributed by atoms with Crippen molar-refractivity contribution >= 4 is 49.4 Å². The molecule has 0 unspecified atom stereocenters. The zero-order valence-electron chi connectivity index (χ0n) is 16.4. The minimum Gasteiger partial charge on any atom is -0.406 e. The van der Waals surface area contributed by atoms with Crippen molar-refractivity contribution < 1.29 is 22.7 Å². The number of hydrogen-bond acceptors (Lipinski definition) is 7. The van der Waals surface area contributed by atoms with E-state index in [1.165, 1.54) is 29.5 Å². The number of ketones is 1. The van der Waals surface area contributed by atoms with Crippen LogP contribution in [-0.2, 0) is 7.05 Å². The number of hydrogen-bond donors (Lipinski definition) is 2. The molecule has 2 heterocycles. The number of rotatable bonds is 7. The topological polar surface area (TPSA) is 95.1 Å². The zero-order chi connectivity index (χ0) is 22.2. The number of carbonyl (C=O) groups is 1. The Hall–Kier alpha value is -3.18. The van der Waals surface area contributed by atoms with Crippen molar-refractivity contribution in [1.82, 2.24) is 14.5 Å². The number of Topliss-reactive ketones (excluding diaryl/α,β-unsaturated/α-hetero) is 1. The molecule has 7 nitrogen and oxygen atoms in total. The third kappa shape index (κ3) is 4.62. The summed E-state index contributed by atoms with van der Waals surface area (Å²) in [5.41, 5.74) is 8.04. The molecule has 0 bridgehead atoms. The summed E-state index contributed by atoms with van der Waals surface area (Å²) in [5.74, 6) is 0.202. The number of aromatic nitrogens is 3. The maximum absolute atomic E-state index is 12.4. The van der Waals surface area contributed by atoms with E-state index in [2.05, 4.69) is 20.0 Å². The van der Waals surface area contributed by atoms with Gasteiger partial charge in [0.1, 0.15) is 5.75 Å². The zero-order valence-corrected chi connectivity index (χ0v) is 17.2. The molecule has 0 saturated carbocycles. The van der Waals surface area contributed by atoms with Crippen molar-refractivity contribution in [1.29, 1.82) is 0 Å². The number of nitrogens with two attached hydrogens (primary N) is 1. The molecule has 2 aromatic carbocycles. The number of halogens is 3. The summed E-state index contributed by atoms with van der Waals surface area (Å²) in [7, 11) is 1.82. The quantitative estimate of drug-likeness (QED) is 0.396. The minimum absolute atomic E-state index is 0.00978. The second-order valence-corrected chi connectivity index (χ2v) is 7.87. The summed E-state index contributed by atoms with van der Waals surface area (Å²) >= 11 is 1.18. The molecule has 2 aromatic heterocycles. The van der Waals surface area contributed by atoms with E-state index in [1.54, 1.807) is 12.1 Å². The maximum atomic E-state index is 12.4. The third-order valence-corrected chi connectivity index (χ3v) is 5.56. The molecule has 0 spiro atoms. The van der Waals surface area contributed by atoms with E-state index in [1.807, 2.05) is 17.7 Å². The first-order chi connectivity index (χ1) is 14.7. The van der Waals surface area contributed by atoms with Gasteiger partial charge in [-0.3, -0.25) is 4.79 Å². The van der Waals surface area contributed by atoms with E-state index < -0.39 is 6.36 Å². The van der Waals surface area contributed by atoms with Gasteiger partial charge in [-0.2, -0.15) is 0 Å². The van der Waals surface area contributed by atoms with E-state index >= 15 is 0 Å². The highest BCUT2D eigenvalue weighted by Gasteiger charge is 2.31. The summed E-state index contributed by atoms with van der Waals surface area (Å²) in [6.45, 7) is 0.456. The van der Waals surface area contributed by atoms with Crippen LogP contribution in [0.1, 0.15) is 23.2 Å². The lowest BCUT2D eigenvalue weighted by Crippen LogP contribution is -2.16. The lowest BCUT2D eigenvalue weighted by atomic mass is 10.1. The number of fused-ring (bicyclic) bond motifs is 2. The predicted octanol–water partition coefficient (Wildman–Crippen LogP) is 4.75. The number of alkyl halides is 3. The van der Waals surface area contributed by atoms with Crippen molar-refractivity contribution in [3.63, 3.8) is 0 Å². The van der Waals surface area contributed by atoms with Gasteiger partial charge in [0, 0.05) is 25.1 Å². The van der Waals surface area contributed by atoms with Gasteiger partial charge in [-0.25, -0.2) is 9.97 Å². The second-order valence-electron chi connectivity index (χ2n) is 6.83. The Morgan fingerprint density at radius 1 is 1.19 bits per heavy atom. The van der Waals surface area contributed by atoms with Gasteiger partial charge < -0.3 is 20.4 Å². The fourth-order valence-corrected chi connectivity index (χ4v) is 4.03. The first-order valence-corrected chi connectivity index (χ1v) is 10.2. The number of nitrogens with zero attached hydrogens (tertiary/aromatic N) is 3. The first kappa shape index (κ1) is 21.1. The van der Waals surface area contributed by atoms with E-state index in [-0.39, 0.29) is 11.5 Å². The fourth-order valence-electron chi connectivity index (χ4n) is 3.14. The maximum Gasteiger partial charge on any atom is 0.573 e. The molecule has 4 aromatic rings. The number of ether oxygens (including phenoxy) is 1. The summed E-state index contributed by atoms with van der Waals surface area (Å²) in [6.07, 6.45) is -3.75. The second kappa shape index (κ2) is 8.16. The lowest BCUT2D eigenvalue weighted by Gasteiger charge is -2.07. The van der Waals surface area contributed by atoms with E-state index in [0.29, 0.717) is 51.8 Å². The van der Waals surface area contributed by atoms with E-state index in [4.69, 9.17) is 5.73 Å². The van der Waals surface area contributed by atoms with Crippen LogP contribution in [0.4, 0.5) is 24.3 Å². The van der Waals surface area contributed by atoms with E-state index in [0.717, 1.165) is 5.52 Å². The van der Waals surface area contributed by atoms with Crippen LogP contribution < -0.4 is 15.8 Å². The molecule has 0 amide bonds. The van der Waals surface area contributed by atoms with Crippen LogP contribution in [0.15, 0.2) is 36.4 Å². The molecule has 0 fully saturated rings. The lowest BCUT2D eigenvalue weighted by molar-refractivity contribution is -0.274. The van der Waals surface area contributed by atoms with Gasteiger partial charge in [0.05, 0.1) is 21.3 Å². The number of aryl methyl sites for hydroxylation is 1. The van der Waals surface area contributed by atoms with Gasteiger partial charge in [0.15, 0.2) is 10.9 Å². The average molecular weight is 449 g/mol. The van der Waals surface area contributed by atoms with Crippen LogP contribution >= 0.6 is 11.3 Å². The third-order valence-electron chi connectivity index (χ3n) is 4.62. The molecule has 0 atom stereocenters. The molecule has 0 aliphatic heterocycles. The highest BCUT2D eigenvalue weighted by Crippen LogP contribution is 2.33. The van der Waals surface area contributed by atoms with Gasteiger partial charge in [0.25, 0.3) is 0 Å². The predicted molar refractivity (Wildman–Crippen MR) is 113 cm³/mol. The monoisotopic (exact) mass is 449 g/mol. The molecular formula is C20H18F3N5O2S. The molecule has 31 heavy (non-hydrogen) atoms. The van der Waals surface area contributed by atoms with E-state index in [9.17, 15) is 18.0 Å². The Morgan fingerprint density at radius 3 is 2.74 bits per heavy atom. The van der Waals surface area contributed by atoms with Crippen LogP contribution in [0.2, 0.25) is 0 Å². The van der Waals surface area contributed by atoms with Crippen LogP contribution in [0.25, 0.3) is 21.3 Å². The van der Waals surface area contributed by atoms with Crippen LogP contribution in [-0.4, -0.2) is 33.2 Å². The van der Waals surface area contributed by atoms with Crippen LogP contribution in [0, 0.1) is 0 Å². The van der Waals surface area contributed by atoms with Gasteiger partial charge >= 0.3 is 6.36 Å². The molecule has 162 valence electrons. The van der Waals surface area contributed by atoms with Crippen molar-refractivity contribution in [2.75, 3.05) is 11.9 Å². The largest absolute Gasteiger partial charge is 0.573 e. The molecule has 0 aliphatic rings. The fraction of sp³-hybridized carbons (Fsp3) is 0.250. The smallest absolute Gasteiger partial charge is 0.406 e. The molecule has 4 rings (SSSR count). The molecule has 0 aliphatic carbocycles. The Morgan fingerprint density at radius 2 is 2.00 bits per heavy atom. The summed E-state index contributed by atoms with van der Waals surface area (Å²) in [4.78, 5) is 21.2. The molecular weight excluding hydrogens is 431 g/mol. The normalized spacial score (nSPS) is 11.9. The van der Waals surface area contributed by atoms with Crippen molar-refractivity contribution in [3.8, 4) is 5.75 Å². The minimum atomic E-state index is -4.75. The Kier molecular flexibility index (Phi) is 5.54. The Balaban J connectivity index is 1.59. The Bertz CT molecular complexity index is 1270. The molecule has 0 saturated heterocycles. The van der Waals surface area contributed by atoms with Gasteiger partial charge in [-0.15, -0.1) is 13.2 Å². The SMILES string of the molecule is Cn1c(Nc2nc3ccc(OC(F)(F)F)cc3s2)nc2cc(C(=O)CCCN)ccc21. The summed E-state index contributed by atoms with van der Waals surface area (Å²) in [6, 6.07) is 9.29. The number of thiazole rings is 1. The number of anilines is 2. The molecule has 11 heteroatoms. The van der Waals surface area contributed by atoms with Crippen LogP contribution in [0.3, 0.4) is 0 Å². The standard InChI is InChI=1S/C20H18F3N5O2S/c1-28-15-7-4-11(16(29)3-2-8-24)9-14(15)25-18(28)27-19-26-13-6-5-12(10-17(13)31-19)30-20(21,22)23/h4-7,9-10H,2-3,8,24H2,1H3,(H,25,26,27). The van der Waals surface area contributed by atoms with Crippen LogP contribution in [0.5, 0.6) is 5.75 Å². The summed E-state index contributed by atoms with van der Waals surface area (Å²) in [5, 5.41) is 3.57. The molecule has 3 N–H and O–H groups in total. The van der Waals surface area contributed by atoms with Gasteiger partial charge in [-0.05, 0) is 43.3 Å². The van der Waals surface area contributed by atoms with Gasteiger partial charge in [0.2, 0.25) is 5.95 Å². The number of benzene rings is 2. The summed E-state index contributed by atoms with van der Waals surface area (Å²) < 4.78 is 43.6.